The molecule has 1 heterocycles. The van der Waals surface area contributed by atoms with Crippen LogP contribution in [0, 0.1) is 0 Å². The molecular weight excluding hydrogens is 356 g/mol. The standard InChI is InChI=1S/C17H22N4O4S/c1-5-18-26(23,24)14-9-6-13(7-10-14)8-11-15-19-16(21-25-15)17(3,4)20-12(2)22/h6-11,18H,5H2,1-4H3,(H,20,22)/b11-8+. The number of nitrogens with one attached hydrogen (secondary N) is 2. The zero-order chi connectivity index (χ0) is 19.4. The number of amides is 1. The first-order chi connectivity index (χ1) is 12.1. The predicted octanol–water partition coefficient (Wildman–Crippen LogP) is 1.91. The zero-order valence-electron chi connectivity index (χ0n) is 15.1. The van der Waals surface area contributed by atoms with Crippen molar-refractivity contribution >= 4 is 28.1 Å². The quantitative estimate of drug-likeness (QED) is 0.761. The monoisotopic (exact) mass is 378 g/mol. The highest BCUT2D eigenvalue weighted by molar-refractivity contribution is 7.89. The van der Waals surface area contributed by atoms with Crippen LogP contribution >= 0.6 is 0 Å². The van der Waals surface area contributed by atoms with E-state index in [0.717, 1.165) is 5.56 Å². The van der Waals surface area contributed by atoms with E-state index in [1.807, 2.05) is 0 Å². The van der Waals surface area contributed by atoms with Gasteiger partial charge in [-0.3, -0.25) is 4.79 Å². The Kier molecular flexibility index (Phi) is 5.94. The van der Waals surface area contributed by atoms with E-state index in [1.165, 1.54) is 19.1 Å². The van der Waals surface area contributed by atoms with Gasteiger partial charge in [-0.25, -0.2) is 13.1 Å². The van der Waals surface area contributed by atoms with Gasteiger partial charge in [-0.2, -0.15) is 4.98 Å². The highest BCUT2D eigenvalue weighted by Crippen LogP contribution is 2.18. The Labute approximate surface area is 152 Å². The number of carbonyl (C=O) groups excluding carboxylic acids is 1. The van der Waals surface area contributed by atoms with Gasteiger partial charge in [0.2, 0.25) is 15.9 Å². The third-order valence-electron chi connectivity index (χ3n) is 3.43. The summed E-state index contributed by atoms with van der Waals surface area (Å²) in [5, 5.41) is 6.62. The highest BCUT2D eigenvalue weighted by atomic mass is 32.2. The van der Waals surface area contributed by atoms with E-state index < -0.39 is 15.6 Å². The number of hydrogen-bond acceptors (Lipinski definition) is 6. The summed E-state index contributed by atoms with van der Waals surface area (Å²) in [4.78, 5) is 15.7. The lowest BCUT2D eigenvalue weighted by atomic mass is 10.1. The fourth-order valence-electron chi connectivity index (χ4n) is 2.25. The smallest absolute Gasteiger partial charge is 0.250 e. The van der Waals surface area contributed by atoms with Crippen molar-refractivity contribution in [3.63, 3.8) is 0 Å². The molecule has 0 fully saturated rings. The van der Waals surface area contributed by atoms with E-state index >= 15 is 0 Å². The summed E-state index contributed by atoms with van der Waals surface area (Å²) in [5.74, 6) is 0.451. The van der Waals surface area contributed by atoms with Gasteiger partial charge in [0.25, 0.3) is 5.89 Å². The van der Waals surface area contributed by atoms with Crippen LogP contribution in [0.5, 0.6) is 0 Å². The second kappa shape index (κ2) is 7.79. The molecule has 26 heavy (non-hydrogen) atoms. The van der Waals surface area contributed by atoms with Gasteiger partial charge >= 0.3 is 0 Å². The highest BCUT2D eigenvalue weighted by Gasteiger charge is 2.27. The maximum atomic E-state index is 11.9. The van der Waals surface area contributed by atoms with Crippen LogP contribution in [0.15, 0.2) is 33.7 Å². The van der Waals surface area contributed by atoms with Crippen LogP contribution in [0.1, 0.15) is 45.0 Å². The van der Waals surface area contributed by atoms with Gasteiger partial charge in [-0.15, -0.1) is 0 Å². The number of rotatable bonds is 7. The first kappa shape index (κ1) is 19.8. The number of benzene rings is 1. The molecule has 0 aliphatic carbocycles. The SMILES string of the molecule is CCNS(=O)(=O)c1ccc(/C=C/c2nc(C(C)(C)NC(C)=O)no2)cc1. The molecule has 2 aromatic rings. The van der Waals surface area contributed by atoms with Gasteiger partial charge in [0.1, 0.15) is 0 Å². The van der Waals surface area contributed by atoms with Gasteiger partial charge < -0.3 is 9.84 Å². The fourth-order valence-corrected chi connectivity index (χ4v) is 3.29. The first-order valence-electron chi connectivity index (χ1n) is 8.05. The second-order valence-electron chi connectivity index (χ2n) is 6.17. The van der Waals surface area contributed by atoms with Crippen molar-refractivity contribution in [3.8, 4) is 0 Å². The molecule has 0 aliphatic rings. The molecule has 0 saturated carbocycles. The largest absolute Gasteiger partial charge is 0.344 e. The molecule has 0 saturated heterocycles. The average Bonchev–Trinajstić information content (AvgIpc) is 3.02. The molecule has 9 heteroatoms. The van der Waals surface area contributed by atoms with Crippen molar-refractivity contribution < 1.29 is 17.7 Å². The molecule has 0 atom stereocenters. The summed E-state index contributed by atoms with van der Waals surface area (Å²) in [7, 11) is -3.47. The van der Waals surface area contributed by atoms with Crippen LogP contribution < -0.4 is 10.0 Å². The lowest BCUT2D eigenvalue weighted by Crippen LogP contribution is -2.40. The van der Waals surface area contributed by atoms with Crippen molar-refractivity contribution in [3.05, 3.63) is 41.5 Å². The van der Waals surface area contributed by atoms with Crippen LogP contribution in [0.25, 0.3) is 12.2 Å². The Bertz CT molecular complexity index is 899. The fraction of sp³-hybridized carbons (Fsp3) is 0.353. The van der Waals surface area contributed by atoms with Crippen LogP contribution in [0.4, 0.5) is 0 Å². The normalized spacial score (nSPS) is 12.5. The molecule has 8 nitrogen and oxygen atoms in total. The van der Waals surface area contributed by atoms with Crippen molar-refractivity contribution in [2.24, 2.45) is 0 Å². The van der Waals surface area contributed by atoms with E-state index in [0.29, 0.717) is 12.4 Å². The Balaban J connectivity index is 2.12. The molecule has 0 spiro atoms. The third-order valence-corrected chi connectivity index (χ3v) is 4.99. The van der Waals surface area contributed by atoms with Crippen LogP contribution in [0.2, 0.25) is 0 Å². The summed E-state index contributed by atoms with van der Waals surface area (Å²) < 4.78 is 31.4. The summed E-state index contributed by atoms with van der Waals surface area (Å²) in [6, 6.07) is 6.41. The van der Waals surface area contributed by atoms with Gasteiger partial charge in [0.15, 0.2) is 5.82 Å². The zero-order valence-corrected chi connectivity index (χ0v) is 15.9. The number of sulfonamides is 1. The lowest BCUT2D eigenvalue weighted by molar-refractivity contribution is -0.120. The number of nitrogens with zero attached hydrogens (tertiary/aromatic N) is 2. The minimum Gasteiger partial charge on any atom is -0.344 e. The van der Waals surface area contributed by atoms with Crippen LogP contribution in [-0.4, -0.2) is 31.0 Å². The topological polar surface area (TPSA) is 114 Å². The molecule has 2 N–H and O–H groups in total. The molecule has 0 bridgehead atoms. The van der Waals surface area contributed by atoms with E-state index in [1.54, 1.807) is 45.1 Å². The molecule has 0 aliphatic heterocycles. The summed E-state index contributed by atoms with van der Waals surface area (Å²) in [6.07, 6.45) is 3.35. The van der Waals surface area contributed by atoms with E-state index in [2.05, 4.69) is 20.2 Å². The minimum atomic E-state index is -3.47. The molecule has 1 aromatic carbocycles. The maximum absolute atomic E-state index is 11.9. The minimum absolute atomic E-state index is 0.190. The first-order valence-corrected chi connectivity index (χ1v) is 9.53. The van der Waals surface area contributed by atoms with Gasteiger partial charge in [0, 0.05) is 19.5 Å². The molecule has 1 aromatic heterocycles. The second-order valence-corrected chi connectivity index (χ2v) is 7.93. The average molecular weight is 378 g/mol. The summed E-state index contributed by atoms with van der Waals surface area (Å²) >= 11 is 0. The van der Waals surface area contributed by atoms with Crippen molar-refractivity contribution in [2.45, 2.75) is 38.1 Å². The van der Waals surface area contributed by atoms with Crippen molar-refractivity contribution in [1.82, 2.24) is 20.2 Å². The Morgan fingerprint density at radius 1 is 1.23 bits per heavy atom. The van der Waals surface area contributed by atoms with E-state index in [9.17, 15) is 13.2 Å². The lowest BCUT2D eigenvalue weighted by Gasteiger charge is -2.20. The molecule has 2 rings (SSSR count). The van der Waals surface area contributed by atoms with Crippen LogP contribution in [-0.2, 0) is 20.4 Å². The number of hydrogen-bond donors (Lipinski definition) is 2. The molecule has 0 unspecified atom stereocenters. The summed E-state index contributed by atoms with van der Waals surface area (Å²) in [5.41, 5.74) is 0.0327. The van der Waals surface area contributed by atoms with Crippen molar-refractivity contribution in [2.75, 3.05) is 6.54 Å². The predicted molar refractivity (Wildman–Crippen MR) is 97.4 cm³/mol. The Morgan fingerprint density at radius 2 is 1.88 bits per heavy atom. The number of carbonyl (C=O) groups is 1. The van der Waals surface area contributed by atoms with E-state index in [4.69, 9.17) is 4.52 Å². The Hall–Kier alpha value is -2.52. The third kappa shape index (κ3) is 4.99. The molecule has 0 radical (unpaired) electrons. The van der Waals surface area contributed by atoms with Crippen molar-refractivity contribution in [1.29, 1.82) is 0 Å². The molecular formula is C17H22N4O4S. The molecule has 140 valence electrons. The van der Waals surface area contributed by atoms with Gasteiger partial charge in [0.05, 0.1) is 10.4 Å². The molecule has 1 amide bonds. The van der Waals surface area contributed by atoms with Gasteiger partial charge in [-0.05, 0) is 37.6 Å². The number of aromatic nitrogens is 2. The van der Waals surface area contributed by atoms with Crippen LogP contribution in [0.3, 0.4) is 0 Å². The van der Waals surface area contributed by atoms with E-state index in [-0.39, 0.29) is 16.7 Å². The van der Waals surface area contributed by atoms with Gasteiger partial charge in [-0.1, -0.05) is 24.2 Å². The Morgan fingerprint density at radius 3 is 2.46 bits per heavy atom. The summed E-state index contributed by atoms with van der Waals surface area (Å²) in [6.45, 7) is 7.02. The maximum Gasteiger partial charge on any atom is 0.250 e.